The van der Waals surface area contributed by atoms with E-state index in [1.165, 1.54) is 12.1 Å². The highest BCUT2D eigenvalue weighted by molar-refractivity contribution is 6.07. The van der Waals surface area contributed by atoms with Crippen LogP contribution in [0.2, 0.25) is 0 Å². The first kappa shape index (κ1) is 10.8. The van der Waals surface area contributed by atoms with Gasteiger partial charge in [0.25, 0.3) is 0 Å². The third-order valence-electron chi connectivity index (χ3n) is 3.45. The number of carboxylic acids is 2. The number of hydrogen-bond donors (Lipinski definition) is 2. The Kier molecular flexibility index (Phi) is 2.13. The zero-order valence-corrected chi connectivity index (χ0v) is 9.43. The summed E-state index contributed by atoms with van der Waals surface area (Å²) in [6, 6.07) is 6.46. The van der Waals surface area contributed by atoms with Crippen molar-refractivity contribution in [3.05, 3.63) is 46.5 Å². The SMILES string of the molecule is O=C(O)c1ccc2c(C(=O)O)c3c(cc2c1)CC3. The van der Waals surface area contributed by atoms with Crippen molar-refractivity contribution in [1.29, 1.82) is 0 Å². The van der Waals surface area contributed by atoms with Gasteiger partial charge in [0.05, 0.1) is 11.1 Å². The van der Waals surface area contributed by atoms with E-state index in [-0.39, 0.29) is 5.56 Å². The van der Waals surface area contributed by atoms with Crippen molar-refractivity contribution < 1.29 is 19.8 Å². The van der Waals surface area contributed by atoms with E-state index in [4.69, 9.17) is 5.11 Å². The third-order valence-corrected chi connectivity index (χ3v) is 3.45. The summed E-state index contributed by atoms with van der Waals surface area (Å²) in [5.41, 5.74) is 2.41. The highest BCUT2D eigenvalue weighted by Gasteiger charge is 2.24. The van der Waals surface area contributed by atoms with Crippen LogP contribution in [0.4, 0.5) is 0 Å². The highest BCUT2D eigenvalue weighted by atomic mass is 16.4. The van der Waals surface area contributed by atoms with E-state index in [9.17, 15) is 14.7 Å². The molecule has 0 heterocycles. The number of hydrogen-bond acceptors (Lipinski definition) is 2. The molecule has 90 valence electrons. The summed E-state index contributed by atoms with van der Waals surface area (Å²) in [7, 11) is 0. The molecule has 0 radical (unpaired) electrons. The number of aryl methyl sites for hydroxylation is 1. The molecule has 0 atom stereocenters. The smallest absolute Gasteiger partial charge is 0.336 e. The zero-order chi connectivity index (χ0) is 12.9. The predicted molar refractivity (Wildman–Crippen MR) is 65.3 cm³/mol. The Morgan fingerprint density at radius 1 is 1.00 bits per heavy atom. The van der Waals surface area contributed by atoms with Crippen molar-refractivity contribution in [2.45, 2.75) is 12.8 Å². The average Bonchev–Trinajstić information content (AvgIpc) is 2.30. The maximum absolute atomic E-state index is 11.3. The van der Waals surface area contributed by atoms with E-state index in [1.54, 1.807) is 6.07 Å². The highest BCUT2D eigenvalue weighted by Crippen LogP contribution is 2.33. The minimum Gasteiger partial charge on any atom is -0.478 e. The lowest BCUT2D eigenvalue weighted by molar-refractivity contribution is 0.0687. The van der Waals surface area contributed by atoms with E-state index in [0.29, 0.717) is 16.3 Å². The van der Waals surface area contributed by atoms with Gasteiger partial charge in [-0.3, -0.25) is 0 Å². The van der Waals surface area contributed by atoms with Crippen molar-refractivity contribution in [1.82, 2.24) is 0 Å². The van der Waals surface area contributed by atoms with Crippen LogP contribution in [0, 0.1) is 0 Å². The Hall–Kier alpha value is -2.36. The van der Waals surface area contributed by atoms with Gasteiger partial charge in [0.2, 0.25) is 0 Å². The first-order chi connectivity index (χ1) is 8.58. The third kappa shape index (κ3) is 1.39. The summed E-state index contributed by atoms with van der Waals surface area (Å²) in [5, 5.41) is 19.5. The van der Waals surface area contributed by atoms with E-state index < -0.39 is 11.9 Å². The van der Waals surface area contributed by atoms with Crippen LogP contribution in [0.1, 0.15) is 31.8 Å². The van der Waals surface area contributed by atoms with E-state index in [1.807, 2.05) is 6.07 Å². The molecular formula is C14H10O4. The Morgan fingerprint density at radius 3 is 2.33 bits per heavy atom. The molecule has 3 rings (SSSR count). The fourth-order valence-electron chi connectivity index (χ4n) is 2.48. The Bertz CT molecular complexity index is 700. The van der Waals surface area contributed by atoms with Crippen molar-refractivity contribution >= 4 is 22.7 Å². The maximum Gasteiger partial charge on any atom is 0.336 e. The second-order valence-electron chi connectivity index (χ2n) is 4.44. The molecule has 0 fully saturated rings. The standard InChI is InChI=1S/C14H10O4/c15-13(16)8-2-4-11-9(6-8)5-7-1-3-10(7)12(11)14(17)18/h2,4-6H,1,3H2,(H,15,16)(H,17,18). The first-order valence-corrected chi connectivity index (χ1v) is 5.63. The zero-order valence-electron chi connectivity index (χ0n) is 9.43. The maximum atomic E-state index is 11.3. The van der Waals surface area contributed by atoms with Crippen molar-refractivity contribution in [2.75, 3.05) is 0 Å². The monoisotopic (exact) mass is 242 g/mol. The molecular weight excluding hydrogens is 232 g/mol. The molecule has 0 bridgehead atoms. The summed E-state index contributed by atoms with van der Waals surface area (Å²) in [5.74, 6) is -1.95. The fraction of sp³-hybridized carbons (Fsp3) is 0.143. The Labute approximate surface area is 102 Å². The van der Waals surface area contributed by atoms with Gasteiger partial charge in [0.15, 0.2) is 0 Å². The Morgan fingerprint density at radius 2 is 1.78 bits per heavy atom. The molecule has 0 aromatic heterocycles. The van der Waals surface area contributed by atoms with Gasteiger partial charge >= 0.3 is 11.9 Å². The number of carbonyl (C=O) groups is 2. The second-order valence-corrected chi connectivity index (χ2v) is 4.44. The summed E-state index contributed by atoms with van der Waals surface area (Å²) < 4.78 is 0. The number of carboxylic acid groups (broad SMARTS) is 2. The number of aromatic carboxylic acids is 2. The van der Waals surface area contributed by atoms with Gasteiger partial charge in [-0.05, 0) is 46.9 Å². The van der Waals surface area contributed by atoms with Gasteiger partial charge in [-0.1, -0.05) is 12.1 Å². The van der Waals surface area contributed by atoms with E-state index in [0.717, 1.165) is 24.0 Å². The molecule has 2 aromatic rings. The lowest BCUT2D eigenvalue weighted by Gasteiger charge is -2.22. The van der Waals surface area contributed by atoms with Crippen LogP contribution in [0.5, 0.6) is 0 Å². The van der Waals surface area contributed by atoms with Crippen molar-refractivity contribution in [2.24, 2.45) is 0 Å². The topological polar surface area (TPSA) is 74.6 Å². The van der Waals surface area contributed by atoms with Crippen LogP contribution < -0.4 is 0 Å². The minimum absolute atomic E-state index is 0.179. The van der Waals surface area contributed by atoms with Crippen LogP contribution in [-0.4, -0.2) is 22.2 Å². The lowest BCUT2D eigenvalue weighted by atomic mass is 9.81. The first-order valence-electron chi connectivity index (χ1n) is 5.63. The summed E-state index contributed by atoms with van der Waals surface area (Å²) in [6.45, 7) is 0. The van der Waals surface area contributed by atoms with Gasteiger partial charge in [0, 0.05) is 0 Å². The molecule has 4 heteroatoms. The number of fused-ring (bicyclic) bond motifs is 2. The second kappa shape index (κ2) is 3.57. The van der Waals surface area contributed by atoms with Crippen LogP contribution in [0.25, 0.3) is 10.8 Å². The lowest BCUT2D eigenvalue weighted by Crippen LogP contribution is -2.16. The van der Waals surface area contributed by atoms with E-state index >= 15 is 0 Å². The molecule has 18 heavy (non-hydrogen) atoms. The molecule has 0 amide bonds. The minimum atomic E-state index is -1.00. The summed E-state index contributed by atoms with van der Waals surface area (Å²) in [6.07, 6.45) is 1.65. The normalized spacial score (nSPS) is 12.9. The molecule has 0 spiro atoms. The molecule has 2 aromatic carbocycles. The largest absolute Gasteiger partial charge is 0.478 e. The van der Waals surface area contributed by atoms with Crippen molar-refractivity contribution in [3.8, 4) is 0 Å². The molecule has 0 saturated heterocycles. The van der Waals surface area contributed by atoms with Gasteiger partial charge in [0.1, 0.15) is 0 Å². The molecule has 1 aliphatic rings. The van der Waals surface area contributed by atoms with Crippen molar-refractivity contribution in [3.63, 3.8) is 0 Å². The van der Waals surface area contributed by atoms with Crippen LogP contribution in [-0.2, 0) is 12.8 Å². The molecule has 0 saturated carbocycles. The summed E-state index contributed by atoms with van der Waals surface area (Å²) in [4.78, 5) is 22.2. The van der Waals surface area contributed by atoms with E-state index in [2.05, 4.69) is 0 Å². The number of benzene rings is 2. The van der Waals surface area contributed by atoms with Gasteiger partial charge in [-0.25, -0.2) is 9.59 Å². The molecule has 0 aliphatic heterocycles. The molecule has 0 unspecified atom stereocenters. The summed E-state index contributed by atoms with van der Waals surface area (Å²) >= 11 is 0. The quantitative estimate of drug-likeness (QED) is 0.847. The van der Waals surface area contributed by atoms with Gasteiger partial charge in [-0.2, -0.15) is 0 Å². The predicted octanol–water partition coefficient (Wildman–Crippen LogP) is 2.33. The van der Waals surface area contributed by atoms with Gasteiger partial charge < -0.3 is 10.2 Å². The number of rotatable bonds is 2. The molecule has 2 N–H and O–H groups in total. The molecule has 1 aliphatic carbocycles. The Balaban J connectivity index is 2.36. The average molecular weight is 242 g/mol. The van der Waals surface area contributed by atoms with Crippen LogP contribution in [0.15, 0.2) is 24.3 Å². The van der Waals surface area contributed by atoms with Crippen LogP contribution >= 0.6 is 0 Å². The van der Waals surface area contributed by atoms with Crippen LogP contribution in [0.3, 0.4) is 0 Å². The van der Waals surface area contributed by atoms with Gasteiger partial charge in [-0.15, -0.1) is 0 Å². The molecule has 4 nitrogen and oxygen atoms in total. The fourth-order valence-corrected chi connectivity index (χ4v) is 2.48.